The number of hydrogen-bond acceptors (Lipinski definition) is 3. The lowest BCUT2D eigenvalue weighted by molar-refractivity contribution is -0.123. The van der Waals surface area contributed by atoms with E-state index in [1.165, 1.54) is 6.42 Å². The third-order valence-corrected chi connectivity index (χ3v) is 3.73. The number of nitrogens with two attached hydrogens (primary N) is 1. The molecule has 104 valence electrons. The summed E-state index contributed by atoms with van der Waals surface area (Å²) in [5.41, 5.74) is 6.28. The van der Waals surface area contributed by atoms with E-state index < -0.39 is 0 Å². The summed E-state index contributed by atoms with van der Waals surface area (Å²) in [4.78, 5) is 18.8. The molecule has 2 N–H and O–H groups in total. The number of nitrogens with zero attached hydrogens (tertiary/aromatic N) is 2. The van der Waals surface area contributed by atoms with Crippen molar-refractivity contribution in [3.8, 4) is 0 Å². The molecule has 4 nitrogen and oxygen atoms in total. The molecule has 1 aliphatic carbocycles. The van der Waals surface area contributed by atoms with Gasteiger partial charge in [0.2, 0.25) is 5.91 Å². The van der Waals surface area contributed by atoms with Gasteiger partial charge in [0.1, 0.15) is 5.82 Å². The van der Waals surface area contributed by atoms with Crippen LogP contribution in [-0.2, 0) is 4.79 Å². The summed E-state index contributed by atoms with van der Waals surface area (Å²) >= 11 is 0. The van der Waals surface area contributed by atoms with Gasteiger partial charge in [0.05, 0.1) is 11.9 Å². The summed E-state index contributed by atoms with van der Waals surface area (Å²) in [6.45, 7) is 4.05. The van der Waals surface area contributed by atoms with Gasteiger partial charge >= 0.3 is 0 Å². The average Bonchev–Trinajstić information content (AvgIpc) is 2.42. The van der Waals surface area contributed by atoms with E-state index >= 15 is 0 Å². The lowest BCUT2D eigenvalue weighted by Crippen LogP contribution is -2.42. The highest BCUT2D eigenvalue weighted by molar-refractivity contribution is 5.94. The summed E-state index contributed by atoms with van der Waals surface area (Å²) in [6.07, 6.45) is 7.22. The zero-order chi connectivity index (χ0) is 13.8. The topological polar surface area (TPSA) is 59.2 Å². The largest absolute Gasteiger partial charge is 0.397 e. The number of nitrogen functional groups attached to an aromatic ring is 1. The van der Waals surface area contributed by atoms with Crippen LogP contribution in [0.5, 0.6) is 0 Å². The van der Waals surface area contributed by atoms with Crippen LogP contribution >= 0.6 is 0 Å². The molecule has 19 heavy (non-hydrogen) atoms. The first-order chi connectivity index (χ1) is 9.09. The molecule has 1 amide bonds. The van der Waals surface area contributed by atoms with Gasteiger partial charge in [-0.2, -0.15) is 0 Å². The molecule has 0 unspecified atom stereocenters. The van der Waals surface area contributed by atoms with Crippen LogP contribution in [-0.4, -0.2) is 16.9 Å². The minimum atomic E-state index is 0.116. The van der Waals surface area contributed by atoms with Gasteiger partial charge in [-0.3, -0.25) is 9.69 Å². The number of carbonyl (C=O) groups excluding carboxylic acids is 1. The number of pyridine rings is 1. The van der Waals surface area contributed by atoms with Crippen LogP contribution in [0, 0.1) is 5.92 Å². The van der Waals surface area contributed by atoms with Crippen LogP contribution in [0.4, 0.5) is 11.5 Å². The fourth-order valence-corrected chi connectivity index (χ4v) is 2.72. The van der Waals surface area contributed by atoms with Crippen molar-refractivity contribution >= 4 is 17.4 Å². The molecule has 2 rings (SSSR count). The molecule has 0 bridgehead atoms. The number of carbonyl (C=O) groups is 1. The summed E-state index contributed by atoms with van der Waals surface area (Å²) in [5.74, 6) is 1.09. The SMILES string of the molecule is CC(C)N(C(=O)C1CCCCC1)c1ccc(N)cn1. The standard InChI is InChI=1S/C15H23N3O/c1-11(2)18(14-9-8-13(16)10-17-14)15(19)12-6-4-3-5-7-12/h8-12H,3-7,16H2,1-2H3. The first-order valence-corrected chi connectivity index (χ1v) is 7.14. The van der Waals surface area contributed by atoms with Crippen molar-refractivity contribution in [2.24, 2.45) is 5.92 Å². The molecule has 4 heteroatoms. The second kappa shape index (κ2) is 6.04. The molecular weight excluding hydrogens is 238 g/mol. The summed E-state index contributed by atoms with van der Waals surface area (Å²) in [5, 5.41) is 0. The van der Waals surface area contributed by atoms with E-state index in [2.05, 4.69) is 4.98 Å². The van der Waals surface area contributed by atoms with Gasteiger partial charge in [0.25, 0.3) is 0 Å². The Morgan fingerprint density at radius 1 is 1.32 bits per heavy atom. The van der Waals surface area contributed by atoms with Crippen molar-refractivity contribution in [2.75, 3.05) is 10.6 Å². The van der Waals surface area contributed by atoms with Gasteiger partial charge in [-0.05, 0) is 38.8 Å². The van der Waals surface area contributed by atoms with Gasteiger partial charge < -0.3 is 5.73 Å². The molecule has 0 aromatic carbocycles. The lowest BCUT2D eigenvalue weighted by atomic mass is 9.88. The van der Waals surface area contributed by atoms with E-state index in [0.717, 1.165) is 25.7 Å². The van der Waals surface area contributed by atoms with Gasteiger partial charge in [-0.1, -0.05) is 19.3 Å². The van der Waals surface area contributed by atoms with E-state index in [4.69, 9.17) is 5.73 Å². The molecule has 0 aliphatic heterocycles. The first-order valence-electron chi connectivity index (χ1n) is 7.14. The van der Waals surface area contributed by atoms with Gasteiger partial charge in [-0.25, -0.2) is 4.98 Å². The van der Waals surface area contributed by atoms with E-state index in [1.807, 2.05) is 24.8 Å². The van der Waals surface area contributed by atoms with Gasteiger partial charge in [0.15, 0.2) is 0 Å². The zero-order valence-electron chi connectivity index (χ0n) is 11.8. The highest BCUT2D eigenvalue weighted by Gasteiger charge is 2.29. The Balaban J connectivity index is 2.19. The fraction of sp³-hybridized carbons (Fsp3) is 0.600. The average molecular weight is 261 g/mol. The summed E-state index contributed by atoms with van der Waals surface area (Å²) in [6, 6.07) is 3.74. The number of anilines is 2. The zero-order valence-corrected chi connectivity index (χ0v) is 11.8. The van der Waals surface area contributed by atoms with E-state index in [9.17, 15) is 4.79 Å². The van der Waals surface area contributed by atoms with E-state index in [0.29, 0.717) is 11.5 Å². The molecule has 1 heterocycles. The Kier molecular flexibility index (Phi) is 4.40. The minimum Gasteiger partial charge on any atom is -0.397 e. The van der Waals surface area contributed by atoms with Crippen LogP contribution in [0.3, 0.4) is 0 Å². The number of hydrogen-bond donors (Lipinski definition) is 1. The van der Waals surface area contributed by atoms with Gasteiger partial charge in [0, 0.05) is 12.0 Å². The Hall–Kier alpha value is -1.58. The van der Waals surface area contributed by atoms with Crippen molar-refractivity contribution in [3.63, 3.8) is 0 Å². The lowest BCUT2D eigenvalue weighted by Gasteiger charge is -2.31. The predicted octanol–water partition coefficient (Wildman–Crippen LogP) is 2.99. The molecule has 1 aliphatic rings. The maximum atomic E-state index is 12.7. The third-order valence-electron chi connectivity index (χ3n) is 3.73. The second-order valence-corrected chi connectivity index (χ2v) is 5.59. The predicted molar refractivity (Wildman–Crippen MR) is 77.8 cm³/mol. The molecule has 1 fully saturated rings. The van der Waals surface area contributed by atoms with Crippen molar-refractivity contribution in [3.05, 3.63) is 18.3 Å². The van der Waals surface area contributed by atoms with Crippen LogP contribution in [0.25, 0.3) is 0 Å². The molecule has 1 aromatic rings. The number of rotatable bonds is 3. The summed E-state index contributed by atoms with van der Waals surface area (Å²) in [7, 11) is 0. The Morgan fingerprint density at radius 3 is 2.53 bits per heavy atom. The first kappa shape index (κ1) is 13.8. The highest BCUT2D eigenvalue weighted by Crippen LogP contribution is 2.28. The third kappa shape index (κ3) is 3.25. The molecule has 0 spiro atoms. The maximum Gasteiger partial charge on any atom is 0.231 e. The second-order valence-electron chi connectivity index (χ2n) is 5.59. The smallest absolute Gasteiger partial charge is 0.231 e. The fourth-order valence-electron chi connectivity index (χ4n) is 2.72. The monoisotopic (exact) mass is 261 g/mol. The molecule has 0 atom stereocenters. The van der Waals surface area contributed by atoms with Crippen molar-refractivity contribution in [1.29, 1.82) is 0 Å². The maximum absolute atomic E-state index is 12.7. The normalized spacial score (nSPS) is 16.6. The summed E-state index contributed by atoms with van der Waals surface area (Å²) < 4.78 is 0. The van der Waals surface area contributed by atoms with Crippen LogP contribution in [0.15, 0.2) is 18.3 Å². The molecule has 0 radical (unpaired) electrons. The van der Waals surface area contributed by atoms with Gasteiger partial charge in [-0.15, -0.1) is 0 Å². The highest BCUT2D eigenvalue weighted by atomic mass is 16.2. The Bertz CT molecular complexity index is 422. The Labute approximate surface area is 115 Å². The molecular formula is C15H23N3O. The number of aromatic nitrogens is 1. The molecule has 0 saturated heterocycles. The van der Waals surface area contributed by atoms with Crippen LogP contribution in [0.1, 0.15) is 46.0 Å². The van der Waals surface area contributed by atoms with Crippen LogP contribution < -0.4 is 10.6 Å². The number of amides is 1. The van der Waals surface area contributed by atoms with Crippen molar-refractivity contribution in [1.82, 2.24) is 4.98 Å². The minimum absolute atomic E-state index is 0.116. The van der Waals surface area contributed by atoms with Crippen LogP contribution in [0.2, 0.25) is 0 Å². The van der Waals surface area contributed by atoms with Crippen molar-refractivity contribution < 1.29 is 4.79 Å². The molecule has 1 aromatic heterocycles. The molecule has 1 saturated carbocycles. The van der Waals surface area contributed by atoms with E-state index in [1.54, 1.807) is 12.3 Å². The Morgan fingerprint density at radius 2 is 2.00 bits per heavy atom. The van der Waals surface area contributed by atoms with E-state index in [-0.39, 0.29) is 17.9 Å². The van der Waals surface area contributed by atoms with Crippen molar-refractivity contribution in [2.45, 2.75) is 52.0 Å². The quantitative estimate of drug-likeness (QED) is 0.910.